The molecule has 0 fully saturated rings. The molecule has 2 aromatic heterocycles. The number of carbonyl (C=O) groups excluding carboxylic acids is 1. The summed E-state index contributed by atoms with van der Waals surface area (Å²) in [7, 11) is 1.76. The van der Waals surface area contributed by atoms with Crippen molar-refractivity contribution in [1.82, 2.24) is 15.3 Å². The van der Waals surface area contributed by atoms with Crippen molar-refractivity contribution in [3.63, 3.8) is 0 Å². The van der Waals surface area contributed by atoms with Gasteiger partial charge in [-0.3, -0.25) is 4.79 Å². The molecule has 1 atom stereocenters. The summed E-state index contributed by atoms with van der Waals surface area (Å²) in [5.74, 6) is 0.339. The summed E-state index contributed by atoms with van der Waals surface area (Å²) in [6.07, 6.45) is 2.20. The SMILES string of the molecule is CNc1nccc(-c2cc(C(=O)NC(CN)Cc3ccc(Cl)cc3Cl)cs2)n1. The van der Waals surface area contributed by atoms with Crippen LogP contribution in [0, 0.1) is 0 Å². The number of aromatic nitrogens is 2. The highest BCUT2D eigenvalue weighted by atomic mass is 35.5. The van der Waals surface area contributed by atoms with Crippen molar-refractivity contribution in [3.8, 4) is 10.6 Å². The Kier molecular flexibility index (Phi) is 6.85. The van der Waals surface area contributed by atoms with Crippen LogP contribution in [-0.2, 0) is 6.42 Å². The van der Waals surface area contributed by atoms with Gasteiger partial charge in [0.1, 0.15) is 0 Å². The Hall–Kier alpha value is -2.19. The van der Waals surface area contributed by atoms with Crippen molar-refractivity contribution in [2.24, 2.45) is 5.73 Å². The predicted molar refractivity (Wildman–Crippen MR) is 115 cm³/mol. The van der Waals surface area contributed by atoms with Crippen molar-refractivity contribution in [3.05, 3.63) is 63.1 Å². The van der Waals surface area contributed by atoms with Crippen LogP contribution in [0.3, 0.4) is 0 Å². The van der Waals surface area contributed by atoms with Crippen molar-refractivity contribution >= 4 is 46.4 Å². The van der Waals surface area contributed by atoms with Crippen LogP contribution >= 0.6 is 34.5 Å². The van der Waals surface area contributed by atoms with Crippen molar-refractivity contribution in [2.75, 3.05) is 18.9 Å². The van der Waals surface area contributed by atoms with Crippen LogP contribution in [-0.4, -0.2) is 35.5 Å². The Labute approximate surface area is 177 Å². The lowest BCUT2D eigenvalue weighted by Crippen LogP contribution is -2.41. The van der Waals surface area contributed by atoms with Gasteiger partial charge in [0, 0.05) is 41.3 Å². The first kappa shape index (κ1) is 20.5. The van der Waals surface area contributed by atoms with E-state index in [2.05, 4.69) is 20.6 Å². The number of nitrogens with zero attached hydrogens (tertiary/aromatic N) is 2. The van der Waals surface area contributed by atoms with Gasteiger partial charge in [-0.25, -0.2) is 9.97 Å². The molecule has 6 nitrogen and oxygen atoms in total. The highest BCUT2D eigenvalue weighted by Crippen LogP contribution is 2.26. The summed E-state index contributed by atoms with van der Waals surface area (Å²) in [4.78, 5) is 22.0. The molecule has 0 radical (unpaired) electrons. The van der Waals surface area contributed by atoms with E-state index >= 15 is 0 Å². The number of nitrogens with one attached hydrogen (secondary N) is 2. The topological polar surface area (TPSA) is 92.9 Å². The molecule has 0 spiro atoms. The Bertz CT molecular complexity index is 978. The zero-order valence-electron chi connectivity index (χ0n) is 15.1. The number of hydrogen-bond acceptors (Lipinski definition) is 6. The third-order valence-electron chi connectivity index (χ3n) is 4.09. The molecule has 1 amide bonds. The average Bonchev–Trinajstić information content (AvgIpc) is 3.19. The second-order valence-electron chi connectivity index (χ2n) is 6.06. The number of amides is 1. The minimum Gasteiger partial charge on any atom is -0.357 e. The van der Waals surface area contributed by atoms with Gasteiger partial charge in [-0.2, -0.15) is 0 Å². The van der Waals surface area contributed by atoms with Crippen LogP contribution < -0.4 is 16.4 Å². The smallest absolute Gasteiger partial charge is 0.252 e. The molecule has 28 heavy (non-hydrogen) atoms. The van der Waals surface area contributed by atoms with E-state index in [1.807, 2.05) is 12.1 Å². The highest BCUT2D eigenvalue weighted by Gasteiger charge is 2.17. The second kappa shape index (κ2) is 9.34. The molecule has 0 aliphatic heterocycles. The van der Waals surface area contributed by atoms with Gasteiger partial charge in [-0.15, -0.1) is 11.3 Å². The van der Waals surface area contributed by atoms with Gasteiger partial charge in [0.05, 0.1) is 16.1 Å². The number of carbonyl (C=O) groups is 1. The largest absolute Gasteiger partial charge is 0.357 e. The lowest BCUT2D eigenvalue weighted by Gasteiger charge is -2.17. The lowest BCUT2D eigenvalue weighted by molar-refractivity contribution is 0.0938. The standard InChI is InChI=1S/C19H19Cl2N5OS/c1-23-19-24-5-4-16(26-19)17-7-12(10-28-17)18(27)25-14(9-22)6-11-2-3-13(20)8-15(11)21/h2-5,7-8,10,14H,6,9,22H2,1H3,(H,25,27)(H,23,24,26). The Morgan fingerprint density at radius 1 is 1.29 bits per heavy atom. The molecule has 1 unspecified atom stereocenters. The number of rotatable bonds is 7. The van der Waals surface area contributed by atoms with Crippen LogP contribution in [0.2, 0.25) is 10.0 Å². The maximum Gasteiger partial charge on any atom is 0.252 e. The number of hydrogen-bond donors (Lipinski definition) is 3. The summed E-state index contributed by atoms with van der Waals surface area (Å²) in [5, 5.41) is 8.79. The number of benzene rings is 1. The number of halogens is 2. The van der Waals surface area contributed by atoms with Gasteiger partial charge >= 0.3 is 0 Å². The predicted octanol–water partition coefficient (Wildman–Crippen LogP) is 3.85. The minimum atomic E-state index is -0.246. The Balaban J connectivity index is 1.70. The van der Waals surface area contributed by atoms with Crippen molar-refractivity contribution in [1.29, 1.82) is 0 Å². The molecule has 4 N–H and O–H groups in total. The minimum absolute atomic E-state index is 0.189. The van der Waals surface area contributed by atoms with Gasteiger partial charge in [0.15, 0.2) is 0 Å². The molecule has 0 saturated heterocycles. The van der Waals surface area contributed by atoms with Crippen LogP contribution in [0.15, 0.2) is 41.9 Å². The van der Waals surface area contributed by atoms with E-state index in [1.54, 1.807) is 36.8 Å². The fourth-order valence-corrected chi connectivity index (χ4v) is 3.96. The summed E-state index contributed by atoms with van der Waals surface area (Å²) in [6.45, 7) is 0.291. The average molecular weight is 436 g/mol. The van der Waals surface area contributed by atoms with E-state index in [0.717, 1.165) is 16.1 Å². The van der Waals surface area contributed by atoms with Crippen LogP contribution in [0.25, 0.3) is 10.6 Å². The molecule has 3 rings (SSSR count). The molecule has 146 valence electrons. The molecule has 2 heterocycles. The summed E-state index contributed by atoms with van der Waals surface area (Å²) in [6, 6.07) is 8.66. The second-order valence-corrected chi connectivity index (χ2v) is 7.82. The highest BCUT2D eigenvalue weighted by molar-refractivity contribution is 7.13. The number of anilines is 1. The van der Waals surface area contributed by atoms with Gasteiger partial charge < -0.3 is 16.4 Å². The van der Waals surface area contributed by atoms with E-state index < -0.39 is 0 Å². The van der Waals surface area contributed by atoms with E-state index in [1.165, 1.54) is 11.3 Å². The van der Waals surface area contributed by atoms with Gasteiger partial charge in [0.2, 0.25) is 5.95 Å². The van der Waals surface area contributed by atoms with Gasteiger partial charge in [-0.1, -0.05) is 29.3 Å². The third kappa shape index (κ3) is 4.99. The third-order valence-corrected chi connectivity index (χ3v) is 5.63. The van der Waals surface area contributed by atoms with E-state index in [4.69, 9.17) is 28.9 Å². The zero-order chi connectivity index (χ0) is 20.1. The fourth-order valence-electron chi connectivity index (χ4n) is 2.62. The number of nitrogens with two attached hydrogens (primary N) is 1. The zero-order valence-corrected chi connectivity index (χ0v) is 17.4. The molecule has 9 heteroatoms. The van der Waals surface area contributed by atoms with E-state index in [9.17, 15) is 4.79 Å². The number of thiophene rings is 1. The normalized spacial score (nSPS) is 11.9. The van der Waals surface area contributed by atoms with E-state index in [-0.39, 0.29) is 11.9 Å². The molecule has 3 aromatic rings. The monoisotopic (exact) mass is 435 g/mol. The molecule has 0 bridgehead atoms. The molecule has 0 aliphatic rings. The summed E-state index contributed by atoms with van der Waals surface area (Å²) >= 11 is 13.6. The lowest BCUT2D eigenvalue weighted by atomic mass is 10.1. The quantitative estimate of drug-likeness (QED) is 0.523. The molecule has 0 saturated carbocycles. The summed E-state index contributed by atoms with van der Waals surface area (Å²) in [5.41, 5.74) is 8.05. The molecular weight excluding hydrogens is 417 g/mol. The van der Waals surface area contributed by atoms with E-state index in [0.29, 0.717) is 34.5 Å². The molecule has 0 aliphatic carbocycles. The molecular formula is C19H19Cl2N5OS. The molecule has 1 aromatic carbocycles. The van der Waals surface area contributed by atoms with Gasteiger partial charge in [0.25, 0.3) is 5.91 Å². The van der Waals surface area contributed by atoms with Crippen molar-refractivity contribution in [2.45, 2.75) is 12.5 Å². The maximum atomic E-state index is 12.7. The van der Waals surface area contributed by atoms with Crippen molar-refractivity contribution < 1.29 is 4.79 Å². The maximum absolute atomic E-state index is 12.7. The fraction of sp³-hybridized carbons (Fsp3) is 0.211. The Morgan fingerprint density at radius 2 is 2.11 bits per heavy atom. The first-order valence-electron chi connectivity index (χ1n) is 8.54. The summed E-state index contributed by atoms with van der Waals surface area (Å²) < 4.78 is 0. The first-order valence-corrected chi connectivity index (χ1v) is 10.2. The Morgan fingerprint density at radius 3 is 2.82 bits per heavy atom. The van der Waals surface area contributed by atoms with Crippen LogP contribution in [0.4, 0.5) is 5.95 Å². The van der Waals surface area contributed by atoms with Gasteiger partial charge in [-0.05, 0) is 36.2 Å². The van der Waals surface area contributed by atoms with Crippen LogP contribution in [0.1, 0.15) is 15.9 Å². The first-order chi connectivity index (χ1) is 13.5. The van der Waals surface area contributed by atoms with Crippen LogP contribution in [0.5, 0.6) is 0 Å².